The van der Waals surface area contributed by atoms with Gasteiger partial charge in [-0.1, -0.05) is 43.6 Å². The molecule has 1 atom stereocenters. The third-order valence-corrected chi connectivity index (χ3v) is 8.62. The van der Waals surface area contributed by atoms with Gasteiger partial charge in [0.05, 0.1) is 10.6 Å². The zero-order chi connectivity index (χ0) is 29.6. The van der Waals surface area contributed by atoms with Crippen molar-refractivity contribution in [3.63, 3.8) is 0 Å². The summed E-state index contributed by atoms with van der Waals surface area (Å²) in [5.41, 5.74) is 2.72. The molecule has 0 aliphatic rings. The van der Waals surface area contributed by atoms with Crippen LogP contribution in [0.4, 0.5) is 10.1 Å². The van der Waals surface area contributed by atoms with Gasteiger partial charge in [0.25, 0.3) is 10.0 Å². The molecule has 0 saturated carbocycles. The van der Waals surface area contributed by atoms with E-state index in [0.29, 0.717) is 22.8 Å². The van der Waals surface area contributed by atoms with Gasteiger partial charge in [-0.15, -0.1) is 0 Å². The molecule has 10 heteroatoms. The summed E-state index contributed by atoms with van der Waals surface area (Å²) in [6.07, 6.45) is 0. The highest BCUT2D eigenvalue weighted by Gasteiger charge is 2.32. The lowest BCUT2D eigenvalue weighted by Crippen LogP contribution is -2.51. The zero-order valence-electron chi connectivity index (χ0n) is 23.3. The van der Waals surface area contributed by atoms with Crippen molar-refractivity contribution in [3.05, 3.63) is 94.3 Å². The van der Waals surface area contributed by atoms with Gasteiger partial charge in [0, 0.05) is 18.1 Å². The van der Waals surface area contributed by atoms with E-state index in [2.05, 4.69) is 5.32 Å². The van der Waals surface area contributed by atoms with Crippen molar-refractivity contribution < 1.29 is 22.4 Å². The number of hydrogen-bond donors (Lipinski definition) is 1. The van der Waals surface area contributed by atoms with Gasteiger partial charge in [0.1, 0.15) is 18.4 Å². The molecule has 3 rings (SSSR count). The molecule has 2 amide bonds. The summed E-state index contributed by atoms with van der Waals surface area (Å²) >= 11 is 5.99. The number of anilines is 1. The third kappa shape index (κ3) is 7.82. The highest BCUT2D eigenvalue weighted by atomic mass is 35.5. The lowest BCUT2D eigenvalue weighted by Gasteiger charge is -2.32. The van der Waals surface area contributed by atoms with Crippen molar-refractivity contribution in [1.29, 1.82) is 0 Å². The second kappa shape index (κ2) is 13.3. The number of benzene rings is 3. The molecule has 1 unspecified atom stereocenters. The Morgan fingerprint density at radius 3 is 2.12 bits per heavy atom. The minimum absolute atomic E-state index is 0.0167. The van der Waals surface area contributed by atoms with E-state index in [0.717, 1.165) is 15.4 Å². The largest absolute Gasteiger partial charge is 0.354 e. The Morgan fingerprint density at radius 1 is 0.925 bits per heavy atom. The summed E-state index contributed by atoms with van der Waals surface area (Å²) in [6, 6.07) is 15.5. The summed E-state index contributed by atoms with van der Waals surface area (Å²) in [5.74, 6) is -1.20. The smallest absolute Gasteiger partial charge is 0.264 e. The Balaban J connectivity index is 2.03. The number of hydrogen-bond acceptors (Lipinski definition) is 4. The van der Waals surface area contributed by atoms with E-state index >= 15 is 0 Å². The highest BCUT2D eigenvalue weighted by molar-refractivity contribution is 7.92. The molecule has 0 aliphatic heterocycles. The minimum atomic E-state index is -4.20. The number of nitrogens with zero attached hydrogens (tertiary/aromatic N) is 2. The summed E-state index contributed by atoms with van der Waals surface area (Å²) in [6.45, 7) is 9.10. The molecule has 0 bridgehead atoms. The first-order chi connectivity index (χ1) is 18.8. The van der Waals surface area contributed by atoms with Crippen LogP contribution in [0, 0.1) is 25.6 Å². The van der Waals surface area contributed by atoms with Crippen molar-refractivity contribution in [3.8, 4) is 0 Å². The van der Waals surface area contributed by atoms with E-state index in [4.69, 9.17) is 11.6 Å². The number of amides is 2. The molecule has 7 nitrogen and oxygen atoms in total. The molecule has 40 heavy (non-hydrogen) atoms. The van der Waals surface area contributed by atoms with E-state index in [1.54, 1.807) is 25.1 Å². The zero-order valence-corrected chi connectivity index (χ0v) is 24.9. The maximum absolute atomic E-state index is 13.9. The minimum Gasteiger partial charge on any atom is -0.354 e. The number of carbonyl (C=O) groups excluding carboxylic acids is 2. The van der Waals surface area contributed by atoms with Crippen molar-refractivity contribution in [2.45, 2.75) is 52.1 Å². The monoisotopic (exact) mass is 587 g/mol. The second-order valence-electron chi connectivity index (χ2n) is 10.2. The van der Waals surface area contributed by atoms with Crippen LogP contribution in [-0.4, -0.2) is 44.3 Å². The summed E-state index contributed by atoms with van der Waals surface area (Å²) in [7, 11) is -4.20. The standard InChI is InChI=1S/C30H35ClFN3O4S/c1-20(2)17-33-30(37)23(5)34(18-24-7-11-26(32)12-8-24)29(36)19-35(27-13-6-21(3)22(4)16-27)40(38,39)28-14-9-25(31)10-15-28/h6-16,20,23H,17-19H2,1-5H3,(H,33,37). The first kappa shape index (κ1) is 31.1. The summed E-state index contributed by atoms with van der Waals surface area (Å²) in [5, 5.41) is 3.21. The molecule has 0 aromatic heterocycles. The van der Waals surface area contributed by atoms with Crippen LogP contribution in [0.1, 0.15) is 37.5 Å². The maximum Gasteiger partial charge on any atom is 0.264 e. The molecule has 0 aliphatic carbocycles. The van der Waals surface area contributed by atoms with Gasteiger partial charge >= 0.3 is 0 Å². The Labute approximate surface area is 241 Å². The van der Waals surface area contributed by atoms with Gasteiger partial charge in [0.2, 0.25) is 11.8 Å². The average molecular weight is 588 g/mol. The molecule has 0 heterocycles. The van der Waals surface area contributed by atoms with Crippen LogP contribution in [0.25, 0.3) is 0 Å². The Kier molecular flexibility index (Phi) is 10.3. The topological polar surface area (TPSA) is 86.8 Å². The number of sulfonamides is 1. The van der Waals surface area contributed by atoms with Crippen molar-refractivity contribution in [2.24, 2.45) is 5.92 Å². The highest BCUT2D eigenvalue weighted by Crippen LogP contribution is 2.27. The molecule has 0 radical (unpaired) electrons. The Hall–Kier alpha value is -3.43. The molecule has 1 N–H and O–H groups in total. The molecule has 0 spiro atoms. The SMILES string of the molecule is Cc1ccc(N(CC(=O)N(Cc2ccc(F)cc2)C(C)C(=O)NCC(C)C)S(=O)(=O)c2ccc(Cl)cc2)cc1C. The van der Waals surface area contributed by atoms with Crippen LogP contribution in [0.2, 0.25) is 5.02 Å². The fourth-order valence-corrected chi connectivity index (χ4v) is 5.50. The number of nitrogens with one attached hydrogen (secondary N) is 1. The van der Waals surface area contributed by atoms with Crippen LogP contribution in [0.15, 0.2) is 71.6 Å². The number of halogens is 2. The predicted molar refractivity (Wildman–Crippen MR) is 156 cm³/mol. The van der Waals surface area contributed by atoms with Crippen molar-refractivity contribution >= 4 is 39.1 Å². The summed E-state index contributed by atoms with van der Waals surface area (Å²) in [4.78, 5) is 28.2. The van der Waals surface area contributed by atoms with Gasteiger partial charge < -0.3 is 10.2 Å². The quantitative estimate of drug-likeness (QED) is 0.322. The molecular weight excluding hydrogens is 553 g/mol. The molecule has 0 fully saturated rings. The fourth-order valence-electron chi connectivity index (χ4n) is 3.96. The molecule has 3 aromatic rings. The predicted octanol–water partition coefficient (Wildman–Crippen LogP) is 5.48. The van der Waals surface area contributed by atoms with E-state index in [9.17, 15) is 22.4 Å². The van der Waals surface area contributed by atoms with E-state index in [1.165, 1.54) is 53.4 Å². The fraction of sp³-hybridized carbons (Fsp3) is 0.333. The van der Waals surface area contributed by atoms with Crippen LogP contribution >= 0.6 is 11.6 Å². The summed E-state index contributed by atoms with van der Waals surface area (Å²) < 4.78 is 42.3. The van der Waals surface area contributed by atoms with Gasteiger partial charge in [-0.05, 0) is 91.9 Å². The van der Waals surface area contributed by atoms with Crippen molar-refractivity contribution in [1.82, 2.24) is 10.2 Å². The molecule has 3 aromatic carbocycles. The van der Waals surface area contributed by atoms with Crippen LogP contribution in [0.5, 0.6) is 0 Å². The Bertz CT molecular complexity index is 1440. The third-order valence-electron chi connectivity index (χ3n) is 6.58. The van der Waals surface area contributed by atoms with Gasteiger partial charge in [-0.2, -0.15) is 0 Å². The molecular formula is C30H35ClFN3O4S. The second-order valence-corrected chi connectivity index (χ2v) is 12.5. The average Bonchev–Trinajstić information content (AvgIpc) is 2.91. The van der Waals surface area contributed by atoms with Gasteiger partial charge in [0.15, 0.2) is 0 Å². The number of rotatable bonds is 11. The van der Waals surface area contributed by atoms with E-state index < -0.39 is 34.3 Å². The molecule has 0 saturated heterocycles. The lowest BCUT2D eigenvalue weighted by molar-refractivity contribution is -0.139. The maximum atomic E-state index is 13.9. The lowest BCUT2D eigenvalue weighted by atomic mass is 10.1. The van der Waals surface area contributed by atoms with Crippen LogP contribution in [-0.2, 0) is 26.2 Å². The normalized spacial score (nSPS) is 12.2. The Morgan fingerprint density at radius 2 is 1.55 bits per heavy atom. The van der Waals surface area contributed by atoms with E-state index in [-0.39, 0.29) is 23.3 Å². The van der Waals surface area contributed by atoms with Crippen molar-refractivity contribution in [2.75, 3.05) is 17.4 Å². The van der Waals surface area contributed by atoms with Gasteiger partial charge in [-0.25, -0.2) is 12.8 Å². The first-order valence-corrected chi connectivity index (χ1v) is 14.8. The van der Waals surface area contributed by atoms with Crippen LogP contribution in [0.3, 0.4) is 0 Å². The van der Waals surface area contributed by atoms with E-state index in [1.807, 2.05) is 27.7 Å². The number of aryl methyl sites for hydroxylation is 2. The first-order valence-electron chi connectivity index (χ1n) is 13.0. The van der Waals surface area contributed by atoms with Crippen LogP contribution < -0.4 is 9.62 Å². The van der Waals surface area contributed by atoms with Gasteiger partial charge in [-0.3, -0.25) is 13.9 Å². The molecule has 214 valence electrons. The number of carbonyl (C=O) groups is 2.